The number of benzene rings is 4. The first-order valence-corrected chi connectivity index (χ1v) is 10.9. The van der Waals surface area contributed by atoms with Gasteiger partial charge in [0.1, 0.15) is 0 Å². The van der Waals surface area contributed by atoms with Crippen molar-refractivity contribution in [2.75, 3.05) is 7.11 Å². The number of methoxy groups -OCH3 is 1. The Bertz CT molecular complexity index is 1410. The fraction of sp³-hybridized carbons (Fsp3) is 0.0385. The van der Waals surface area contributed by atoms with Crippen LogP contribution in [0.3, 0.4) is 0 Å². The second-order valence-electron chi connectivity index (χ2n) is 7.15. The molecule has 1 amide bonds. The van der Waals surface area contributed by atoms with Gasteiger partial charge in [0, 0.05) is 5.56 Å². The minimum absolute atomic E-state index is 0.218. The summed E-state index contributed by atoms with van der Waals surface area (Å²) in [5, 5.41) is 6.44. The number of hydrogen-bond donors (Lipinski definition) is 1. The third-order valence-corrected chi connectivity index (χ3v) is 5.70. The van der Waals surface area contributed by atoms with Crippen molar-refractivity contribution in [2.24, 2.45) is 5.10 Å². The number of rotatable bonds is 6. The fourth-order valence-corrected chi connectivity index (χ4v) is 3.58. The van der Waals surface area contributed by atoms with Crippen molar-refractivity contribution in [3.05, 3.63) is 106 Å². The van der Waals surface area contributed by atoms with Crippen LogP contribution in [0.25, 0.3) is 10.8 Å². The molecule has 0 fully saturated rings. The highest BCUT2D eigenvalue weighted by Crippen LogP contribution is 2.29. The third kappa shape index (κ3) is 5.20. The van der Waals surface area contributed by atoms with Gasteiger partial charge in [-0.15, -0.1) is 0 Å². The second kappa shape index (κ2) is 10.4. The van der Waals surface area contributed by atoms with Gasteiger partial charge in [0.15, 0.2) is 11.5 Å². The van der Waals surface area contributed by atoms with Crippen LogP contribution in [0.15, 0.2) is 84.0 Å². The molecular formula is C26H18Cl2N2O4. The molecule has 0 aromatic heterocycles. The summed E-state index contributed by atoms with van der Waals surface area (Å²) in [6, 6.07) is 22.5. The van der Waals surface area contributed by atoms with Gasteiger partial charge in [-0.25, -0.2) is 10.2 Å². The number of fused-ring (bicyclic) bond motifs is 1. The summed E-state index contributed by atoms with van der Waals surface area (Å²) in [4.78, 5) is 25.1. The Kier molecular flexibility index (Phi) is 7.11. The van der Waals surface area contributed by atoms with E-state index in [1.54, 1.807) is 24.3 Å². The van der Waals surface area contributed by atoms with E-state index in [4.69, 9.17) is 32.7 Å². The minimum atomic E-state index is -0.611. The van der Waals surface area contributed by atoms with Gasteiger partial charge in [0.2, 0.25) is 0 Å². The van der Waals surface area contributed by atoms with Gasteiger partial charge in [-0.1, -0.05) is 59.6 Å². The molecule has 1 N–H and O–H groups in total. The highest BCUT2D eigenvalue weighted by molar-refractivity contribution is 6.42. The molecule has 0 radical (unpaired) electrons. The van der Waals surface area contributed by atoms with Crippen molar-refractivity contribution >= 4 is 52.1 Å². The van der Waals surface area contributed by atoms with Crippen LogP contribution in [0.5, 0.6) is 11.5 Å². The van der Waals surface area contributed by atoms with Crippen LogP contribution in [0, 0.1) is 0 Å². The third-order valence-electron chi connectivity index (χ3n) is 4.96. The van der Waals surface area contributed by atoms with E-state index < -0.39 is 5.97 Å². The Balaban J connectivity index is 1.46. The van der Waals surface area contributed by atoms with E-state index >= 15 is 0 Å². The molecule has 0 spiro atoms. The molecule has 0 aliphatic carbocycles. The molecule has 6 nitrogen and oxygen atoms in total. The lowest BCUT2D eigenvalue weighted by Crippen LogP contribution is -2.17. The van der Waals surface area contributed by atoms with E-state index in [1.165, 1.54) is 31.5 Å². The summed E-state index contributed by atoms with van der Waals surface area (Å²) >= 11 is 11.9. The molecule has 0 saturated heterocycles. The van der Waals surface area contributed by atoms with Crippen LogP contribution < -0.4 is 14.9 Å². The lowest BCUT2D eigenvalue weighted by molar-refractivity contribution is 0.0729. The van der Waals surface area contributed by atoms with Crippen LogP contribution in [-0.4, -0.2) is 25.2 Å². The maximum absolute atomic E-state index is 12.6. The predicted molar refractivity (Wildman–Crippen MR) is 133 cm³/mol. The molecule has 170 valence electrons. The molecule has 0 unspecified atom stereocenters. The Morgan fingerprint density at radius 2 is 1.68 bits per heavy atom. The lowest BCUT2D eigenvalue weighted by Gasteiger charge is -2.10. The molecule has 8 heteroatoms. The Hall–Kier alpha value is -3.87. The number of carbonyl (C=O) groups excluding carboxylic acids is 2. The number of ether oxygens (including phenoxy) is 2. The zero-order valence-electron chi connectivity index (χ0n) is 17.9. The van der Waals surface area contributed by atoms with Crippen LogP contribution in [0.1, 0.15) is 26.3 Å². The van der Waals surface area contributed by atoms with E-state index in [1.807, 2.05) is 36.4 Å². The molecule has 0 aliphatic rings. The van der Waals surface area contributed by atoms with E-state index in [-0.39, 0.29) is 22.2 Å². The van der Waals surface area contributed by atoms with Crippen molar-refractivity contribution in [3.8, 4) is 11.5 Å². The number of amides is 1. The number of hydrogen-bond acceptors (Lipinski definition) is 5. The molecule has 0 bridgehead atoms. The smallest absolute Gasteiger partial charge is 0.343 e. The van der Waals surface area contributed by atoms with Crippen molar-refractivity contribution in [3.63, 3.8) is 0 Å². The zero-order valence-corrected chi connectivity index (χ0v) is 19.4. The summed E-state index contributed by atoms with van der Waals surface area (Å²) in [5.74, 6) is -0.402. The first-order chi connectivity index (χ1) is 16.5. The molecule has 0 heterocycles. The number of hydrazone groups is 1. The number of carbonyl (C=O) groups is 2. The normalized spacial score (nSPS) is 10.9. The maximum Gasteiger partial charge on any atom is 0.343 e. The van der Waals surface area contributed by atoms with E-state index in [0.29, 0.717) is 21.9 Å². The van der Waals surface area contributed by atoms with E-state index in [0.717, 1.165) is 10.8 Å². The highest BCUT2D eigenvalue weighted by Gasteiger charge is 2.14. The van der Waals surface area contributed by atoms with Gasteiger partial charge in [-0.2, -0.15) is 5.10 Å². The van der Waals surface area contributed by atoms with Crippen molar-refractivity contribution in [1.29, 1.82) is 0 Å². The fourth-order valence-electron chi connectivity index (χ4n) is 3.28. The molecule has 4 rings (SSSR count). The second-order valence-corrected chi connectivity index (χ2v) is 7.97. The minimum Gasteiger partial charge on any atom is -0.493 e. The van der Waals surface area contributed by atoms with Crippen LogP contribution in [0.4, 0.5) is 0 Å². The Morgan fingerprint density at radius 1 is 0.882 bits per heavy atom. The van der Waals surface area contributed by atoms with E-state index in [9.17, 15) is 9.59 Å². The summed E-state index contributed by atoms with van der Waals surface area (Å²) in [6.07, 6.45) is 1.47. The van der Waals surface area contributed by atoms with Gasteiger partial charge in [-0.3, -0.25) is 4.79 Å². The molecule has 4 aromatic rings. The SMILES string of the molecule is COc1cc(C=NNC(=O)c2cccc3ccccc23)ccc1OC(=O)c1ccc(Cl)c(Cl)c1. The largest absolute Gasteiger partial charge is 0.493 e. The van der Waals surface area contributed by atoms with Crippen LogP contribution in [0.2, 0.25) is 10.0 Å². The Labute approximate surface area is 205 Å². The average molecular weight is 493 g/mol. The summed E-state index contributed by atoms with van der Waals surface area (Å²) in [7, 11) is 1.45. The van der Waals surface area contributed by atoms with Crippen LogP contribution in [-0.2, 0) is 0 Å². The van der Waals surface area contributed by atoms with Crippen molar-refractivity contribution in [1.82, 2.24) is 5.43 Å². The summed E-state index contributed by atoms with van der Waals surface area (Å²) in [6.45, 7) is 0. The first kappa shape index (κ1) is 23.3. The average Bonchev–Trinajstić information content (AvgIpc) is 2.86. The topological polar surface area (TPSA) is 77.0 Å². The van der Waals surface area contributed by atoms with Gasteiger partial charge in [0.05, 0.1) is 28.9 Å². The molecule has 0 atom stereocenters. The van der Waals surface area contributed by atoms with Crippen molar-refractivity contribution in [2.45, 2.75) is 0 Å². The standard InChI is InChI=1S/C26H18Cl2N2O4/c1-33-24-13-16(9-12-23(24)34-26(32)18-10-11-21(27)22(28)14-18)15-29-30-25(31)20-8-4-6-17-5-2-3-7-19(17)20/h2-15H,1H3,(H,30,31). The zero-order chi connectivity index (χ0) is 24.1. The van der Waals surface area contributed by atoms with Gasteiger partial charge in [-0.05, 0) is 58.8 Å². The molecular weight excluding hydrogens is 475 g/mol. The highest BCUT2D eigenvalue weighted by atomic mass is 35.5. The summed E-state index contributed by atoms with van der Waals surface area (Å²) < 4.78 is 10.8. The maximum atomic E-state index is 12.6. The number of halogens is 2. The number of nitrogens with one attached hydrogen (secondary N) is 1. The number of esters is 1. The molecule has 4 aromatic carbocycles. The monoisotopic (exact) mass is 492 g/mol. The van der Waals surface area contributed by atoms with Gasteiger partial charge in [0.25, 0.3) is 5.91 Å². The van der Waals surface area contributed by atoms with Crippen molar-refractivity contribution < 1.29 is 19.1 Å². The lowest BCUT2D eigenvalue weighted by atomic mass is 10.0. The number of nitrogens with zero attached hydrogens (tertiary/aromatic N) is 1. The first-order valence-electron chi connectivity index (χ1n) is 10.1. The molecule has 0 aliphatic heterocycles. The quantitative estimate of drug-likeness (QED) is 0.152. The predicted octanol–water partition coefficient (Wildman–Crippen LogP) is 6.14. The van der Waals surface area contributed by atoms with Gasteiger partial charge < -0.3 is 9.47 Å². The summed E-state index contributed by atoms with van der Waals surface area (Å²) in [5.41, 5.74) is 3.94. The molecule has 0 saturated carbocycles. The van der Waals surface area contributed by atoms with Crippen LogP contribution >= 0.6 is 23.2 Å². The Morgan fingerprint density at radius 3 is 2.47 bits per heavy atom. The molecule has 34 heavy (non-hydrogen) atoms. The van der Waals surface area contributed by atoms with E-state index in [2.05, 4.69) is 10.5 Å². The van der Waals surface area contributed by atoms with Gasteiger partial charge >= 0.3 is 5.97 Å².